The van der Waals surface area contributed by atoms with Gasteiger partial charge >= 0.3 is 0 Å². The van der Waals surface area contributed by atoms with E-state index in [2.05, 4.69) is 48.5 Å². The molecular weight excluding hydrogens is 622 g/mol. The third-order valence-corrected chi connectivity index (χ3v) is 8.42. The molecular formula is C43H28ClN5. The van der Waals surface area contributed by atoms with Crippen molar-refractivity contribution >= 4 is 11.6 Å². The molecule has 0 radical (unpaired) electrons. The summed E-state index contributed by atoms with van der Waals surface area (Å²) >= 11 is 6.39. The lowest BCUT2D eigenvalue weighted by Gasteiger charge is -2.16. The number of hydrogen-bond acceptors (Lipinski definition) is 5. The molecule has 0 aliphatic heterocycles. The van der Waals surface area contributed by atoms with E-state index in [0.29, 0.717) is 22.5 Å². The van der Waals surface area contributed by atoms with Crippen LogP contribution in [0.5, 0.6) is 0 Å². The molecule has 2 heterocycles. The average Bonchev–Trinajstić information content (AvgIpc) is 3.18. The van der Waals surface area contributed by atoms with Crippen LogP contribution in [0.3, 0.4) is 0 Å². The van der Waals surface area contributed by atoms with Crippen LogP contribution in [-0.4, -0.2) is 24.9 Å². The van der Waals surface area contributed by atoms with Crippen molar-refractivity contribution in [1.82, 2.24) is 24.9 Å². The largest absolute Gasteiger partial charge is 0.243 e. The van der Waals surface area contributed by atoms with E-state index in [1.54, 1.807) is 0 Å². The van der Waals surface area contributed by atoms with Gasteiger partial charge in [-0.2, -0.15) is 0 Å². The van der Waals surface area contributed by atoms with Gasteiger partial charge in [0.15, 0.2) is 17.5 Å². The Morgan fingerprint density at radius 3 is 1.04 bits per heavy atom. The zero-order valence-electron chi connectivity index (χ0n) is 26.3. The SMILES string of the molecule is Clc1cccc(-c2nc(-c3ccccc3)nc(-c3cccc(-c4nc(-c5ccccc5)c(-c5ccccc5)nc4-c4ccccc4)c3)n2)c1. The quantitative estimate of drug-likeness (QED) is 0.172. The van der Waals surface area contributed by atoms with Crippen molar-refractivity contribution in [2.75, 3.05) is 0 Å². The van der Waals surface area contributed by atoms with Crippen molar-refractivity contribution in [3.05, 3.63) is 175 Å². The Hall–Kier alpha value is -6.30. The highest BCUT2D eigenvalue weighted by Crippen LogP contribution is 2.38. The molecule has 232 valence electrons. The van der Waals surface area contributed by atoms with E-state index >= 15 is 0 Å². The lowest BCUT2D eigenvalue weighted by atomic mass is 9.98. The number of nitrogens with zero attached hydrogens (tertiary/aromatic N) is 5. The van der Waals surface area contributed by atoms with Crippen LogP contribution in [0.15, 0.2) is 170 Å². The van der Waals surface area contributed by atoms with Crippen molar-refractivity contribution in [1.29, 1.82) is 0 Å². The van der Waals surface area contributed by atoms with E-state index in [4.69, 9.17) is 36.5 Å². The highest BCUT2D eigenvalue weighted by molar-refractivity contribution is 6.30. The molecule has 0 saturated heterocycles. The summed E-state index contributed by atoms with van der Waals surface area (Å²) in [6.45, 7) is 0. The van der Waals surface area contributed by atoms with Crippen LogP contribution < -0.4 is 0 Å². The third kappa shape index (κ3) is 6.35. The Morgan fingerprint density at radius 1 is 0.265 bits per heavy atom. The molecule has 2 aromatic heterocycles. The van der Waals surface area contributed by atoms with Gasteiger partial charge in [0.1, 0.15) is 0 Å². The van der Waals surface area contributed by atoms with Crippen molar-refractivity contribution in [2.45, 2.75) is 0 Å². The maximum absolute atomic E-state index is 6.39. The predicted octanol–water partition coefficient (Wildman–Crippen LogP) is 11.0. The van der Waals surface area contributed by atoms with Gasteiger partial charge in [-0.25, -0.2) is 24.9 Å². The van der Waals surface area contributed by atoms with Crippen LogP contribution in [0.1, 0.15) is 0 Å². The summed E-state index contributed by atoms with van der Waals surface area (Å²) in [5.74, 6) is 1.67. The van der Waals surface area contributed by atoms with Crippen molar-refractivity contribution < 1.29 is 0 Å². The lowest BCUT2D eigenvalue weighted by molar-refractivity contribution is 1.07. The van der Waals surface area contributed by atoms with Crippen LogP contribution in [-0.2, 0) is 0 Å². The molecule has 8 aromatic rings. The first-order chi connectivity index (χ1) is 24.2. The fraction of sp³-hybridized carbons (Fsp3) is 0. The van der Waals surface area contributed by atoms with Crippen LogP contribution in [0.4, 0.5) is 0 Å². The minimum atomic E-state index is 0.542. The Bertz CT molecular complexity index is 2380. The summed E-state index contributed by atoms with van der Waals surface area (Å²) < 4.78 is 0. The molecule has 0 saturated carbocycles. The Morgan fingerprint density at radius 2 is 0.592 bits per heavy atom. The van der Waals surface area contributed by atoms with Gasteiger partial charge in [-0.3, -0.25) is 0 Å². The maximum atomic E-state index is 6.39. The van der Waals surface area contributed by atoms with Crippen molar-refractivity contribution in [2.24, 2.45) is 0 Å². The topological polar surface area (TPSA) is 64.5 Å². The van der Waals surface area contributed by atoms with Crippen LogP contribution in [0.2, 0.25) is 5.02 Å². The molecule has 0 unspecified atom stereocenters. The molecule has 0 atom stereocenters. The van der Waals surface area contributed by atoms with Crippen LogP contribution in [0, 0.1) is 0 Å². The van der Waals surface area contributed by atoms with Gasteiger partial charge in [-0.1, -0.05) is 163 Å². The summed E-state index contributed by atoms with van der Waals surface area (Å²) in [6.07, 6.45) is 0. The summed E-state index contributed by atoms with van der Waals surface area (Å²) in [6, 6.07) is 56.3. The number of halogens is 1. The molecule has 5 nitrogen and oxygen atoms in total. The molecule has 0 spiro atoms. The first-order valence-electron chi connectivity index (χ1n) is 16.0. The van der Waals surface area contributed by atoms with Crippen molar-refractivity contribution in [3.8, 4) is 79.2 Å². The molecule has 0 amide bonds. The second kappa shape index (κ2) is 13.4. The van der Waals surface area contributed by atoms with Crippen LogP contribution in [0.25, 0.3) is 79.2 Å². The van der Waals surface area contributed by atoms with Gasteiger partial charge in [0.25, 0.3) is 0 Å². The Labute approximate surface area is 289 Å². The lowest BCUT2D eigenvalue weighted by Crippen LogP contribution is -2.02. The summed E-state index contributed by atoms with van der Waals surface area (Å²) in [4.78, 5) is 25.6. The number of aromatic nitrogens is 5. The second-order valence-electron chi connectivity index (χ2n) is 11.5. The zero-order chi connectivity index (χ0) is 33.0. The van der Waals surface area contributed by atoms with E-state index in [1.807, 2.05) is 121 Å². The molecule has 0 aliphatic carbocycles. The molecule has 8 rings (SSSR count). The average molecular weight is 650 g/mol. The van der Waals surface area contributed by atoms with E-state index in [0.717, 1.165) is 61.7 Å². The highest BCUT2D eigenvalue weighted by Gasteiger charge is 2.20. The first kappa shape index (κ1) is 30.1. The van der Waals surface area contributed by atoms with Gasteiger partial charge in [0, 0.05) is 44.0 Å². The molecule has 0 aliphatic rings. The number of rotatable bonds is 7. The smallest absolute Gasteiger partial charge is 0.164 e. The van der Waals surface area contributed by atoms with Gasteiger partial charge in [0.2, 0.25) is 0 Å². The van der Waals surface area contributed by atoms with Gasteiger partial charge in [0.05, 0.1) is 22.8 Å². The Kier molecular flexibility index (Phi) is 8.24. The standard InChI is InChI=1S/C43H28ClN5/c44-36-26-14-25-35(28-36)43-48-41(32-21-11-4-12-22-32)47-42(49-43)34-24-13-23-33(27-34)40-39(31-19-9-3-10-20-31)45-37(29-15-5-1-6-16-29)38(46-40)30-17-7-2-8-18-30/h1-28H. The highest BCUT2D eigenvalue weighted by atomic mass is 35.5. The second-order valence-corrected chi connectivity index (χ2v) is 11.9. The van der Waals surface area contributed by atoms with Gasteiger partial charge in [-0.05, 0) is 18.2 Å². The number of benzene rings is 6. The fourth-order valence-corrected chi connectivity index (χ4v) is 6.00. The van der Waals surface area contributed by atoms with Crippen molar-refractivity contribution in [3.63, 3.8) is 0 Å². The molecule has 6 aromatic carbocycles. The molecule has 6 heteroatoms. The number of hydrogen-bond donors (Lipinski definition) is 0. The minimum Gasteiger partial charge on any atom is -0.243 e. The molecule has 0 N–H and O–H groups in total. The predicted molar refractivity (Wildman–Crippen MR) is 198 cm³/mol. The summed E-state index contributed by atoms with van der Waals surface area (Å²) in [7, 11) is 0. The molecule has 0 fully saturated rings. The normalized spacial score (nSPS) is 11.0. The zero-order valence-corrected chi connectivity index (χ0v) is 27.0. The Balaban J connectivity index is 1.34. The van der Waals surface area contributed by atoms with E-state index in [-0.39, 0.29) is 0 Å². The first-order valence-corrected chi connectivity index (χ1v) is 16.3. The third-order valence-electron chi connectivity index (χ3n) is 8.18. The minimum absolute atomic E-state index is 0.542. The van der Waals surface area contributed by atoms with Crippen LogP contribution >= 0.6 is 11.6 Å². The summed E-state index contributed by atoms with van der Waals surface area (Å²) in [5, 5.41) is 0.614. The van der Waals surface area contributed by atoms with E-state index < -0.39 is 0 Å². The van der Waals surface area contributed by atoms with E-state index in [9.17, 15) is 0 Å². The summed E-state index contributed by atoms with van der Waals surface area (Å²) in [5.41, 5.74) is 9.57. The monoisotopic (exact) mass is 649 g/mol. The van der Waals surface area contributed by atoms with Gasteiger partial charge in [-0.15, -0.1) is 0 Å². The molecule has 49 heavy (non-hydrogen) atoms. The fourth-order valence-electron chi connectivity index (χ4n) is 5.81. The van der Waals surface area contributed by atoms with E-state index in [1.165, 1.54) is 0 Å². The van der Waals surface area contributed by atoms with Gasteiger partial charge < -0.3 is 0 Å². The molecule has 0 bridgehead atoms. The maximum Gasteiger partial charge on any atom is 0.164 e.